The number of hydrogen-bond acceptors (Lipinski definition) is 6. The van der Waals surface area contributed by atoms with Crippen molar-refractivity contribution in [2.24, 2.45) is 4.99 Å². The maximum atomic E-state index is 14.0. The van der Waals surface area contributed by atoms with Crippen molar-refractivity contribution in [2.45, 2.75) is 44.9 Å². The molecule has 2 atom stereocenters. The molecule has 2 heterocycles. The average molecular weight is 410 g/mol. The van der Waals surface area contributed by atoms with Crippen LogP contribution in [0.25, 0.3) is 0 Å². The first-order valence-corrected chi connectivity index (χ1v) is 9.67. The lowest BCUT2D eigenvalue weighted by atomic mass is 9.95. The number of guanidine groups is 1. The first-order valence-electron chi connectivity index (χ1n) is 9.67. The molecule has 2 N–H and O–H groups in total. The van der Waals surface area contributed by atoms with Gasteiger partial charge in [0.15, 0.2) is 5.96 Å². The average Bonchev–Trinajstić information content (AvgIpc) is 3.00. The van der Waals surface area contributed by atoms with Crippen LogP contribution in [-0.4, -0.2) is 71.3 Å². The second kappa shape index (κ2) is 7.78. The monoisotopic (exact) mass is 410 g/mol. The Morgan fingerprint density at radius 3 is 2.69 bits per heavy atom. The summed E-state index contributed by atoms with van der Waals surface area (Å²) in [5, 5.41) is 13.7. The maximum Gasteiger partial charge on any atom is 0.410 e. The van der Waals surface area contributed by atoms with Crippen LogP contribution in [0.2, 0.25) is 0 Å². The van der Waals surface area contributed by atoms with Crippen molar-refractivity contribution in [1.29, 1.82) is 0 Å². The normalized spacial score (nSPS) is 21.3. The topological polar surface area (TPSA) is 77.4 Å². The van der Waals surface area contributed by atoms with E-state index in [9.17, 15) is 18.7 Å². The molecule has 7 nitrogen and oxygen atoms in total. The number of hydrogen-bond donors (Lipinski definition) is 2. The van der Waals surface area contributed by atoms with Gasteiger partial charge in [0.25, 0.3) is 0 Å². The summed E-state index contributed by atoms with van der Waals surface area (Å²) < 4.78 is 32.6. The molecule has 0 aliphatic carbocycles. The fourth-order valence-electron chi connectivity index (χ4n) is 3.50. The molecule has 2 aliphatic heterocycles. The summed E-state index contributed by atoms with van der Waals surface area (Å²) in [6, 6.07) is 3.13. The zero-order valence-corrected chi connectivity index (χ0v) is 17.2. The van der Waals surface area contributed by atoms with Gasteiger partial charge in [0, 0.05) is 31.3 Å². The Morgan fingerprint density at radius 1 is 1.31 bits per heavy atom. The molecule has 160 valence electrons. The number of halogens is 2. The van der Waals surface area contributed by atoms with Crippen LogP contribution >= 0.6 is 0 Å². The van der Waals surface area contributed by atoms with E-state index in [4.69, 9.17) is 4.74 Å². The van der Waals surface area contributed by atoms with Gasteiger partial charge >= 0.3 is 6.09 Å². The van der Waals surface area contributed by atoms with Gasteiger partial charge in [-0.1, -0.05) is 6.07 Å². The van der Waals surface area contributed by atoms with Gasteiger partial charge in [0.2, 0.25) is 0 Å². The molecule has 1 aromatic carbocycles. The third kappa shape index (κ3) is 4.95. The molecule has 29 heavy (non-hydrogen) atoms. The van der Waals surface area contributed by atoms with Crippen LogP contribution in [0, 0.1) is 11.6 Å². The van der Waals surface area contributed by atoms with Crippen LogP contribution in [-0.2, 0) is 10.3 Å². The minimum atomic E-state index is -1.54. The van der Waals surface area contributed by atoms with E-state index in [0.29, 0.717) is 32.1 Å². The van der Waals surface area contributed by atoms with Crippen molar-refractivity contribution in [2.75, 3.05) is 32.7 Å². The zero-order chi connectivity index (χ0) is 21.4. The number of aliphatic hydroxyl groups is 1. The summed E-state index contributed by atoms with van der Waals surface area (Å²) in [6.07, 6.45) is -0.340. The van der Waals surface area contributed by atoms with Crippen LogP contribution < -0.4 is 5.32 Å². The minimum Gasteiger partial charge on any atom is -0.444 e. The quantitative estimate of drug-likeness (QED) is 0.798. The van der Waals surface area contributed by atoms with E-state index < -0.39 is 22.8 Å². The van der Waals surface area contributed by atoms with E-state index >= 15 is 0 Å². The van der Waals surface area contributed by atoms with Crippen molar-refractivity contribution < 1.29 is 23.4 Å². The number of aliphatic imine (C=N–C) groups is 1. The summed E-state index contributed by atoms with van der Waals surface area (Å²) in [7, 11) is 0. The number of piperazine rings is 1. The Balaban J connectivity index is 1.57. The summed E-state index contributed by atoms with van der Waals surface area (Å²) in [6.45, 7) is 9.03. The molecule has 0 radical (unpaired) electrons. The largest absolute Gasteiger partial charge is 0.444 e. The number of benzene rings is 1. The van der Waals surface area contributed by atoms with E-state index in [1.165, 1.54) is 13.0 Å². The number of nitrogens with zero attached hydrogens (tertiary/aromatic N) is 3. The van der Waals surface area contributed by atoms with Gasteiger partial charge in [-0.3, -0.25) is 4.99 Å². The summed E-state index contributed by atoms with van der Waals surface area (Å²) >= 11 is 0. The van der Waals surface area contributed by atoms with Gasteiger partial charge in [-0.15, -0.1) is 0 Å². The fourth-order valence-corrected chi connectivity index (χ4v) is 3.50. The highest BCUT2D eigenvalue weighted by Gasteiger charge is 2.37. The second-order valence-corrected chi connectivity index (χ2v) is 8.69. The van der Waals surface area contributed by atoms with Crippen LogP contribution in [0.1, 0.15) is 33.3 Å². The lowest BCUT2D eigenvalue weighted by molar-refractivity contribution is 0.0135. The van der Waals surface area contributed by atoms with E-state index in [1.807, 2.05) is 25.7 Å². The third-order valence-corrected chi connectivity index (χ3v) is 4.96. The van der Waals surface area contributed by atoms with Crippen molar-refractivity contribution >= 4 is 12.1 Å². The molecule has 2 unspecified atom stereocenters. The Labute approximate surface area is 169 Å². The number of nitrogens with one attached hydrogen (secondary N) is 1. The SMILES string of the molecule is CC(C)(C)OC(=O)N1CCN2C(NCC(C)(O)c3ccc(F)cc3F)=NCC2C1. The number of rotatable bonds is 3. The lowest BCUT2D eigenvalue weighted by Gasteiger charge is -2.39. The van der Waals surface area contributed by atoms with E-state index in [2.05, 4.69) is 10.3 Å². The predicted molar refractivity (Wildman–Crippen MR) is 105 cm³/mol. The van der Waals surface area contributed by atoms with E-state index in [1.54, 1.807) is 4.90 Å². The maximum absolute atomic E-state index is 14.0. The van der Waals surface area contributed by atoms with Gasteiger partial charge in [-0.25, -0.2) is 13.6 Å². The van der Waals surface area contributed by atoms with Crippen molar-refractivity contribution in [1.82, 2.24) is 15.1 Å². The van der Waals surface area contributed by atoms with Crippen molar-refractivity contribution in [3.05, 3.63) is 35.4 Å². The highest BCUT2D eigenvalue weighted by Crippen LogP contribution is 2.24. The first kappa shape index (κ1) is 21.3. The molecule has 0 aromatic heterocycles. The van der Waals surface area contributed by atoms with Gasteiger partial charge < -0.3 is 25.0 Å². The molecular formula is C20H28F2N4O3. The van der Waals surface area contributed by atoms with E-state index in [-0.39, 0.29) is 24.2 Å². The smallest absolute Gasteiger partial charge is 0.410 e. The minimum absolute atomic E-state index is 0.00733. The predicted octanol–water partition coefficient (Wildman–Crippen LogP) is 2.05. The second-order valence-electron chi connectivity index (χ2n) is 8.69. The molecule has 3 rings (SSSR count). The van der Waals surface area contributed by atoms with Gasteiger partial charge in [0.05, 0.1) is 19.1 Å². The number of ether oxygens (including phenoxy) is 1. The molecule has 1 aromatic rings. The van der Waals surface area contributed by atoms with E-state index in [0.717, 1.165) is 12.1 Å². The Morgan fingerprint density at radius 2 is 2.03 bits per heavy atom. The Kier molecular flexibility index (Phi) is 5.71. The van der Waals surface area contributed by atoms with Crippen LogP contribution in [0.3, 0.4) is 0 Å². The molecular weight excluding hydrogens is 382 g/mol. The zero-order valence-electron chi connectivity index (χ0n) is 17.2. The Hall–Kier alpha value is -2.42. The number of carbonyl (C=O) groups is 1. The number of fused-ring (bicyclic) bond motifs is 1. The fraction of sp³-hybridized carbons (Fsp3) is 0.600. The molecule has 1 fully saturated rings. The molecule has 9 heteroatoms. The number of amides is 1. The molecule has 1 saturated heterocycles. The highest BCUT2D eigenvalue weighted by molar-refractivity contribution is 5.82. The summed E-state index contributed by atoms with van der Waals surface area (Å²) in [4.78, 5) is 20.5. The van der Waals surface area contributed by atoms with Crippen molar-refractivity contribution in [3.63, 3.8) is 0 Å². The third-order valence-electron chi connectivity index (χ3n) is 4.96. The number of carbonyl (C=O) groups excluding carboxylic acids is 1. The standard InChI is InChI=1S/C20H28F2N4O3/c1-19(2,3)29-18(27)25-7-8-26-14(11-25)10-23-17(26)24-12-20(4,28)15-6-5-13(21)9-16(15)22/h5-6,9,14,28H,7-8,10-12H2,1-4H3,(H,23,24). The van der Waals surface area contributed by atoms with Crippen LogP contribution in [0.15, 0.2) is 23.2 Å². The molecule has 0 spiro atoms. The van der Waals surface area contributed by atoms with Gasteiger partial charge in [-0.05, 0) is 33.8 Å². The van der Waals surface area contributed by atoms with Crippen molar-refractivity contribution in [3.8, 4) is 0 Å². The van der Waals surface area contributed by atoms with Gasteiger partial charge in [0.1, 0.15) is 22.8 Å². The Bertz CT molecular complexity index is 807. The summed E-state index contributed by atoms with van der Waals surface area (Å²) in [5.74, 6) is -0.892. The molecule has 2 aliphatic rings. The first-order chi connectivity index (χ1) is 13.5. The summed E-state index contributed by atoms with van der Waals surface area (Å²) in [5.41, 5.74) is -2.08. The van der Waals surface area contributed by atoms with Gasteiger partial charge in [-0.2, -0.15) is 0 Å². The lowest BCUT2D eigenvalue weighted by Crippen LogP contribution is -2.58. The molecule has 0 bridgehead atoms. The molecule has 0 saturated carbocycles. The van der Waals surface area contributed by atoms with Crippen LogP contribution in [0.5, 0.6) is 0 Å². The highest BCUT2D eigenvalue weighted by atomic mass is 19.1. The molecule has 1 amide bonds. The van der Waals surface area contributed by atoms with Crippen LogP contribution in [0.4, 0.5) is 13.6 Å².